The van der Waals surface area contributed by atoms with Gasteiger partial charge in [-0.25, -0.2) is 4.98 Å². The lowest BCUT2D eigenvalue weighted by Gasteiger charge is -2.04. The normalized spacial score (nSPS) is 9.95. The van der Waals surface area contributed by atoms with Crippen molar-refractivity contribution in [3.63, 3.8) is 0 Å². The summed E-state index contributed by atoms with van der Waals surface area (Å²) in [6.07, 6.45) is 4.21. The number of halogens is 1. The maximum Gasteiger partial charge on any atom is 0.271 e. The Hall–Kier alpha value is -2.27. The number of hydrogen-bond donors (Lipinski definition) is 1. The molecule has 1 aromatic carbocycles. The fraction of sp³-hybridized carbons (Fsp3) is 0.0769. The summed E-state index contributed by atoms with van der Waals surface area (Å²) in [6, 6.07) is 6.55. The highest BCUT2D eigenvalue weighted by Gasteiger charge is 2.10. The first-order valence-corrected chi connectivity index (χ1v) is 5.87. The number of amides is 1. The van der Waals surface area contributed by atoms with Gasteiger partial charge in [-0.1, -0.05) is 23.7 Å². The molecule has 5 nitrogen and oxygen atoms in total. The molecule has 96 valence electrons. The zero-order chi connectivity index (χ0) is 13.7. The lowest BCUT2D eigenvalue weighted by Crippen LogP contribution is -2.30. The molecule has 6 heteroatoms. The van der Waals surface area contributed by atoms with Crippen LogP contribution in [-0.2, 0) is 0 Å². The van der Waals surface area contributed by atoms with Crippen LogP contribution in [0.15, 0.2) is 42.9 Å². The minimum atomic E-state index is -0.441. The zero-order valence-electron chi connectivity index (χ0n) is 9.84. The summed E-state index contributed by atoms with van der Waals surface area (Å²) >= 11 is 5.79. The van der Waals surface area contributed by atoms with Crippen molar-refractivity contribution in [1.82, 2.24) is 15.3 Å². The fourth-order valence-corrected chi connectivity index (χ4v) is 1.62. The van der Waals surface area contributed by atoms with Crippen molar-refractivity contribution in [2.45, 2.75) is 0 Å². The molecule has 19 heavy (non-hydrogen) atoms. The van der Waals surface area contributed by atoms with E-state index in [-0.39, 0.29) is 18.0 Å². The van der Waals surface area contributed by atoms with Gasteiger partial charge >= 0.3 is 0 Å². The van der Waals surface area contributed by atoms with E-state index in [2.05, 4.69) is 15.3 Å². The van der Waals surface area contributed by atoms with E-state index in [4.69, 9.17) is 11.6 Å². The number of carbonyl (C=O) groups is 2. The molecule has 0 bridgehead atoms. The minimum absolute atomic E-state index is 0.115. The number of aromatic nitrogens is 2. The number of Topliss-reactive ketones (excluding diaryl/α,β-unsaturated/α-hetero) is 1. The Labute approximate surface area is 114 Å². The Bertz CT molecular complexity index is 602. The van der Waals surface area contributed by atoms with Crippen LogP contribution in [0.5, 0.6) is 0 Å². The second-order valence-electron chi connectivity index (χ2n) is 3.71. The molecule has 0 saturated heterocycles. The van der Waals surface area contributed by atoms with E-state index in [1.54, 1.807) is 24.3 Å². The molecule has 0 spiro atoms. The lowest BCUT2D eigenvalue weighted by atomic mass is 10.1. The van der Waals surface area contributed by atoms with E-state index in [1.807, 2.05) is 0 Å². The quantitative estimate of drug-likeness (QED) is 0.863. The minimum Gasteiger partial charge on any atom is -0.343 e. The molecular formula is C13H10ClN3O2. The van der Waals surface area contributed by atoms with Gasteiger partial charge in [0.1, 0.15) is 5.69 Å². The van der Waals surface area contributed by atoms with Gasteiger partial charge in [-0.3, -0.25) is 14.6 Å². The molecule has 1 heterocycles. The van der Waals surface area contributed by atoms with Gasteiger partial charge < -0.3 is 5.32 Å². The van der Waals surface area contributed by atoms with Crippen LogP contribution in [0, 0.1) is 0 Å². The molecule has 0 saturated carbocycles. The van der Waals surface area contributed by atoms with Crippen molar-refractivity contribution in [3.8, 4) is 0 Å². The monoisotopic (exact) mass is 275 g/mol. The largest absolute Gasteiger partial charge is 0.343 e. The maximum absolute atomic E-state index is 11.8. The van der Waals surface area contributed by atoms with Crippen LogP contribution in [0.3, 0.4) is 0 Å². The molecule has 2 rings (SSSR count). The molecule has 0 aliphatic heterocycles. The number of hydrogen-bond acceptors (Lipinski definition) is 4. The van der Waals surface area contributed by atoms with Crippen molar-refractivity contribution in [2.75, 3.05) is 6.54 Å². The van der Waals surface area contributed by atoms with Crippen LogP contribution >= 0.6 is 11.6 Å². The first-order chi connectivity index (χ1) is 9.16. The fourth-order valence-electron chi connectivity index (χ4n) is 1.43. The number of rotatable bonds is 4. The molecular weight excluding hydrogens is 266 g/mol. The molecule has 0 aliphatic carbocycles. The predicted octanol–water partition coefficient (Wildman–Crippen LogP) is 1.74. The van der Waals surface area contributed by atoms with Crippen molar-refractivity contribution in [3.05, 3.63) is 59.1 Å². The highest BCUT2D eigenvalue weighted by atomic mass is 35.5. The number of nitrogens with zero attached hydrogens (tertiary/aromatic N) is 2. The standard InChI is InChI=1S/C13H10ClN3O2/c14-10-3-1-2-9(6-10)12(18)8-17-13(19)11-7-15-4-5-16-11/h1-7H,8H2,(H,17,19). The van der Waals surface area contributed by atoms with Gasteiger partial charge in [0.2, 0.25) is 0 Å². The van der Waals surface area contributed by atoms with Gasteiger partial charge in [0, 0.05) is 23.0 Å². The van der Waals surface area contributed by atoms with Gasteiger partial charge in [0.15, 0.2) is 5.78 Å². The predicted molar refractivity (Wildman–Crippen MR) is 70.1 cm³/mol. The number of carbonyl (C=O) groups excluding carboxylic acids is 2. The summed E-state index contributed by atoms with van der Waals surface area (Å²) in [6.45, 7) is -0.115. The third kappa shape index (κ3) is 3.59. The molecule has 1 aromatic heterocycles. The summed E-state index contributed by atoms with van der Waals surface area (Å²) in [5.74, 6) is -0.664. The second-order valence-corrected chi connectivity index (χ2v) is 4.14. The lowest BCUT2D eigenvalue weighted by molar-refractivity contribution is 0.0900. The highest BCUT2D eigenvalue weighted by molar-refractivity contribution is 6.31. The molecule has 2 aromatic rings. The van der Waals surface area contributed by atoms with Crippen LogP contribution in [-0.4, -0.2) is 28.2 Å². The van der Waals surface area contributed by atoms with E-state index in [1.165, 1.54) is 18.6 Å². The van der Waals surface area contributed by atoms with Crippen LogP contribution in [0.25, 0.3) is 0 Å². The Balaban J connectivity index is 1.96. The first-order valence-electron chi connectivity index (χ1n) is 5.50. The Morgan fingerprint density at radius 1 is 1.26 bits per heavy atom. The average molecular weight is 276 g/mol. The van der Waals surface area contributed by atoms with E-state index in [0.717, 1.165) is 0 Å². The van der Waals surface area contributed by atoms with Gasteiger partial charge in [-0.2, -0.15) is 0 Å². The van der Waals surface area contributed by atoms with Crippen LogP contribution in [0.2, 0.25) is 5.02 Å². The summed E-state index contributed by atoms with van der Waals surface area (Å²) < 4.78 is 0. The maximum atomic E-state index is 11.8. The number of nitrogens with one attached hydrogen (secondary N) is 1. The molecule has 0 aliphatic rings. The molecule has 1 N–H and O–H groups in total. The van der Waals surface area contributed by atoms with Crippen molar-refractivity contribution in [2.24, 2.45) is 0 Å². The Kier molecular flexibility index (Phi) is 4.20. The molecule has 1 amide bonds. The first kappa shape index (κ1) is 13.2. The summed E-state index contributed by atoms with van der Waals surface area (Å²) in [7, 11) is 0. The Morgan fingerprint density at radius 3 is 2.79 bits per heavy atom. The summed E-state index contributed by atoms with van der Waals surface area (Å²) in [5.41, 5.74) is 0.619. The number of ketones is 1. The molecule has 0 unspecified atom stereocenters. The highest BCUT2D eigenvalue weighted by Crippen LogP contribution is 2.10. The summed E-state index contributed by atoms with van der Waals surface area (Å²) in [5, 5.41) is 2.96. The second kappa shape index (κ2) is 6.06. The van der Waals surface area contributed by atoms with Gasteiger partial charge in [0.05, 0.1) is 12.7 Å². The van der Waals surface area contributed by atoms with Crippen LogP contribution in [0.1, 0.15) is 20.8 Å². The van der Waals surface area contributed by atoms with Gasteiger partial charge in [0.25, 0.3) is 5.91 Å². The molecule has 0 radical (unpaired) electrons. The third-order valence-electron chi connectivity index (χ3n) is 2.35. The van der Waals surface area contributed by atoms with E-state index >= 15 is 0 Å². The third-order valence-corrected chi connectivity index (χ3v) is 2.59. The van der Waals surface area contributed by atoms with E-state index < -0.39 is 5.91 Å². The van der Waals surface area contributed by atoms with Crippen LogP contribution < -0.4 is 5.32 Å². The van der Waals surface area contributed by atoms with E-state index in [0.29, 0.717) is 10.6 Å². The molecule has 0 fully saturated rings. The van der Waals surface area contributed by atoms with Gasteiger partial charge in [-0.15, -0.1) is 0 Å². The summed E-state index contributed by atoms with van der Waals surface area (Å²) in [4.78, 5) is 31.1. The number of benzene rings is 1. The SMILES string of the molecule is O=C(CNC(=O)c1cnccn1)c1cccc(Cl)c1. The van der Waals surface area contributed by atoms with Gasteiger partial charge in [-0.05, 0) is 12.1 Å². The molecule has 0 atom stereocenters. The van der Waals surface area contributed by atoms with Crippen LogP contribution in [0.4, 0.5) is 0 Å². The van der Waals surface area contributed by atoms with Crippen molar-refractivity contribution >= 4 is 23.3 Å². The average Bonchev–Trinajstić information content (AvgIpc) is 2.45. The smallest absolute Gasteiger partial charge is 0.271 e. The topological polar surface area (TPSA) is 72.0 Å². The van der Waals surface area contributed by atoms with Crippen molar-refractivity contribution in [1.29, 1.82) is 0 Å². The Morgan fingerprint density at radius 2 is 2.11 bits per heavy atom. The van der Waals surface area contributed by atoms with Crippen molar-refractivity contribution < 1.29 is 9.59 Å². The zero-order valence-corrected chi connectivity index (χ0v) is 10.6. The van der Waals surface area contributed by atoms with E-state index in [9.17, 15) is 9.59 Å².